The van der Waals surface area contributed by atoms with Gasteiger partial charge in [-0.05, 0) is 20.3 Å². The molecule has 3 amide bonds. The quantitative estimate of drug-likeness (QED) is 0.231. The second-order valence-corrected chi connectivity index (χ2v) is 5.99. The van der Waals surface area contributed by atoms with E-state index in [0.29, 0.717) is 0 Å². The predicted octanol–water partition coefficient (Wildman–Crippen LogP) is -2.11. The fraction of sp³-hybridized carbons (Fsp3) is 0.643. The van der Waals surface area contributed by atoms with Crippen LogP contribution in [0.2, 0.25) is 0 Å². The van der Waals surface area contributed by atoms with E-state index >= 15 is 0 Å². The van der Waals surface area contributed by atoms with Gasteiger partial charge in [-0.1, -0.05) is 5.16 Å². The highest BCUT2D eigenvalue weighted by atomic mass is 16.5. The lowest BCUT2D eigenvalue weighted by atomic mass is 10.1. The lowest BCUT2D eigenvalue weighted by Crippen LogP contribution is -2.51. The Kier molecular flexibility index (Phi) is 8.08. The summed E-state index contributed by atoms with van der Waals surface area (Å²) >= 11 is 0. The van der Waals surface area contributed by atoms with E-state index in [9.17, 15) is 24.6 Å². The maximum absolute atomic E-state index is 12.1. The Balaban J connectivity index is 2.93. The van der Waals surface area contributed by atoms with Crippen LogP contribution in [0.3, 0.4) is 0 Å². The van der Waals surface area contributed by atoms with Gasteiger partial charge in [-0.15, -0.1) is 0 Å². The zero-order valence-electron chi connectivity index (χ0n) is 14.8. The van der Waals surface area contributed by atoms with Crippen LogP contribution in [0.25, 0.3) is 0 Å². The number of amides is 3. The second-order valence-electron chi connectivity index (χ2n) is 5.99. The number of primary amides is 1. The molecule has 1 aromatic rings. The summed E-state index contributed by atoms with van der Waals surface area (Å²) in [6.45, 7) is 2.63. The van der Waals surface area contributed by atoms with Crippen molar-refractivity contribution >= 4 is 17.9 Å². The molecule has 0 aliphatic carbocycles. The molecule has 13 heteroatoms. The molecule has 0 fully saturated rings. The number of urea groups is 1. The Morgan fingerprint density at radius 2 is 1.81 bits per heavy atom. The number of nitrogens with one attached hydrogen (secondary N) is 2. The first-order chi connectivity index (χ1) is 12.5. The zero-order valence-corrected chi connectivity index (χ0v) is 14.8. The van der Waals surface area contributed by atoms with E-state index in [0.717, 1.165) is 0 Å². The number of hydrogen-bond donors (Lipinski definition) is 7. The number of rotatable bonds is 10. The number of nitrogens with two attached hydrogens (primary N) is 2. The van der Waals surface area contributed by atoms with Crippen LogP contribution in [0.5, 0.6) is 0 Å². The van der Waals surface area contributed by atoms with Crippen LogP contribution < -0.4 is 22.1 Å². The first kappa shape index (κ1) is 22.3. The number of carboxylic acids is 1. The molecule has 0 bridgehead atoms. The number of carboxylic acid groups (broad SMARTS) is 1. The van der Waals surface area contributed by atoms with Crippen molar-refractivity contribution in [1.82, 2.24) is 20.8 Å². The molecule has 0 aliphatic heterocycles. The number of nitrogens with zero attached hydrogens (tertiary/aromatic N) is 2. The highest BCUT2D eigenvalue weighted by Gasteiger charge is 2.28. The topological polar surface area (TPSA) is 227 Å². The van der Waals surface area contributed by atoms with Gasteiger partial charge < -0.3 is 41.9 Å². The number of aliphatic carboxylic acids is 1. The van der Waals surface area contributed by atoms with Crippen molar-refractivity contribution in [3.63, 3.8) is 0 Å². The van der Waals surface area contributed by atoms with Crippen molar-refractivity contribution in [2.45, 2.75) is 57.0 Å². The molecule has 13 nitrogen and oxygen atoms in total. The number of aromatic nitrogens is 2. The molecular formula is C14H24N6O7. The fourth-order valence-corrected chi connectivity index (χ4v) is 2.01. The molecule has 5 atom stereocenters. The van der Waals surface area contributed by atoms with E-state index in [1.165, 1.54) is 13.8 Å². The highest BCUT2D eigenvalue weighted by Crippen LogP contribution is 2.19. The van der Waals surface area contributed by atoms with E-state index in [2.05, 4.69) is 20.8 Å². The molecular weight excluding hydrogens is 364 g/mol. The van der Waals surface area contributed by atoms with Crippen molar-refractivity contribution in [3.8, 4) is 0 Å². The molecule has 152 valence electrons. The van der Waals surface area contributed by atoms with Gasteiger partial charge in [0.25, 0.3) is 0 Å². The third-order valence-electron chi connectivity index (χ3n) is 3.59. The van der Waals surface area contributed by atoms with Crippen LogP contribution in [0.1, 0.15) is 50.5 Å². The SMILES string of the molecule is CC(O)[C@H](NC(=O)NC(CCC(N)=O)c1nc([C@@H](N)C(C)O)no1)C(=O)O. The summed E-state index contributed by atoms with van der Waals surface area (Å²) in [4.78, 5) is 38.2. The van der Waals surface area contributed by atoms with Gasteiger partial charge in [0, 0.05) is 6.42 Å². The summed E-state index contributed by atoms with van der Waals surface area (Å²) in [6.07, 6.45) is -2.46. The summed E-state index contributed by atoms with van der Waals surface area (Å²) in [5, 5.41) is 36.0. The van der Waals surface area contributed by atoms with Crippen LogP contribution in [0, 0.1) is 0 Å². The van der Waals surface area contributed by atoms with Crippen molar-refractivity contribution in [1.29, 1.82) is 0 Å². The second kappa shape index (κ2) is 9.80. The minimum Gasteiger partial charge on any atom is -0.480 e. The van der Waals surface area contributed by atoms with Gasteiger partial charge in [-0.3, -0.25) is 4.79 Å². The van der Waals surface area contributed by atoms with E-state index in [-0.39, 0.29) is 24.6 Å². The molecule has 1 rings (SSSR count). The van der Waals surface area contributed by atoms with Gasteiger partial charge in [-0.25, -0.2) is 9.59 Å². The lowest BCUT2D eigenvalue weighted by molar-refractivity contribution is -0.141. The molecule has 0 spiro atoms. The maximum Gasteiger partial charge on any atom is 0.328 e. The number of aliphatic hydroxyl groups is 2. The Labute approximate surface area is 154 Å². The van der Waals surface area contributed by atoms with Crippen molar-refractivity contribution < 1.29 is 34.2 Å². The minimum atomic E-state index is -1.55. The van der Waals surface area contributed by atoms with E-state index < -0.39 is 48.2 Å². The van der Waals surface area contributed by atoms with Crippen LogP contribution in [0.15, 0.2) is 4.52 Å². The predicted molar refractivity (Wildman–Crippen MR) is 88.8 cm³/mol. The standard InChI is InChI=1S/C14H24N6O7/c1-5(21)9(16)11-19-12(27-20-11)7(3-4-8(15)23)17-14(26)18-10(6(2)22)13(24)25/h5-7,9-10,21-22H,3-4,16H2,1-2H3,(H2,15,23)(H,24,25)(H2,17,18,26)/t5?,6?,7?,9-,10-/m0/s1. The third-order valence-corrected chi connectivity index (χ3v) is 3.59. The minimum absolute atomic E-state index is 0.0132. The molecule has 0 aromatic carbocycles. The molecule has 0 saturated carbocycles. The van der Waals surface area contributed by atoms with Gasteiger partial charge in [-0.2, -0.15) is 4.98 Å². The van der Waals surface area contributed by atoms with Gasteiger partial charge in [0.05, 0.1) is 18.2 Å². The van der Waals surface area contributed by atoms with E-state index in [1.807, 2.05) is 0 Å². The summed E-state index contributed by atoms with van der Waals surface area (Å²) in [5.41, 5.74) is 10.8. The Bertz CT molecular complexity index is 662. The van der Waals surface area contributed by atoms with Crippen LogP contribution in [-0.2, 0) is 9.59 Å². The number of carbonyl (C=O) groups is 3. The Morgan fingerprint density at radius 3 is 2.30 bits per heavy atom. The smallest absolute Gasteiger partial charge is 0.328 e. The van der Waals surface area contributed by atoms with Crippen LogP contribution in [0.4, 0.5) is 4.79 Å². The summed E-state index contributed by atoms with van der Waals surface area (Å²) < 4.78 is 5.02. The average molecular weight is 388 g/mol. The monoisotopic (exact) mass is 388 g/mol. The molecule has 0 aliphatic rings. The normalized spacial score (nSPS) is 16.6. The summed E-state index contributed by atoms with van der Waals surface area (Å²) in [7, 11) is 0. The van der Waals surface area contributed by atoms with Gasteiger partial charge in [0.1, 0.15) is 6.04 Å². The van der Waals surface area contributed by atoms with Gasteiger partial charge in [0.15, 0.2) is 11.9 Å². The highest BCUT2D eigenvalue weighted by molar-refractivity contribution is 5.83. The maximum atomic E-state index is 12.1. The van der Waals surface area contributed by atoms with Crippen LogP contribution >= 0.6 is 0 Å². The first-order valence-corrected chi connectivity index (χ1v) is 8.06. The van der Waals surface area contributed by atoms with E-state index in [4.69, 9.17) is 21.1 Å². The van der Waals surface area contributed by atoms with Crippen molar-refractivity contribution in [2.75, 3.05) is 0 Å². The molecule has 27 heavy (non-hydrogen) atoms. The Morgan fingerprint density at radius 1 is 1.19 bits per heavy atom. The van der Waals surface area contributed by atoms with Crippen LogP contribution in [-0.4, -0.2) is 61.6 Å². The molecule has 1 aromatic heterocycles. The Hall–Kier alpha value is -2.77. The summed E-state index contributed by atoms with van der Waals surface area (Å²) in [6, 6.07) is -4.41. The first-order valence-electron chi connectivity index (χ1n) is 8.06. The van der Waals surface area contributed by atoms with Crippen molar-refractivity contribution in [3.05, 3.63) is 11.7 Å². The largest absolute Gasteiger partial charge is 0.480 e. The number of hydrogen-bond acceptors (Lipinski definition) is 9. The average Bonchev–Trinajstić information content (AvgIpc) is 3.04. The van der Waals surface area contributed by atoms with Gasteiger partial charge >= 0.3 is 12.0 Å². The lowest BCUT2D eigenvalue weighted by Gasteiger charge is -2.20. The molecule has 3 unspecified atom stereocenters. The molecule has 0 radical (unpaired) electrons. The third kappa shape index (κ3) is 6.80. The zero-order chi connectivity index (χ0) is 20.7. The number of carbonyl (C=O) groups excluding carboxylic acids is 2. The van der Waals surface area contributed by atoms with Crippen molar-refractivity contribution in [2.24, 2.45) is 11.5 Å². The molecule has 1 heterocycles. The molecule has 0 saturated heterocycles. The van der Waals surface area contributed by atoms with E-state index in [1.54, 1.807) is 0 Å². The fourth-order valence-electron chi connectivity index (χ4n) is 2.01. The van der Waals surface area contributed by atoms with Gasteiger partial charge in [0.2, 0.25) is 11.8 Å². The number of aliphatic hydroxyl groups excluding tert-OH is 2. The summed E-state index contributed by atoms with van der Waals surface area (Å²) in [5.74, 6) is -2.20. The molecule has 9 N–H and O–H groups in total.